The van der Waals surface area contributed by atoms with E-state index in [1.807, 2.05) is 0 Å². The molecular formula is C8H9F7O2. The summed E-state index contributed by atoms with van der Waals surface area (Å²) in [7, 11) is 0. The number of halogens is 7. The Labute approximate surface area is 92.0 Å². The Kier molecular flexibility index (Phi) is 4.96. The van der Waals surface area contributed by atoms with E-state index in [0.29, 0.717) is 0 Å². The van der Waals surface area contributed by atoms with E-state index >= 15 is 0 Å². The van der Waals surface area contributed by atoms with E-state index in [1.165, 1.54) is 0 Å². The van der Waals surface area contributed by atoms with Crippen molar-refractivity contribution >= 4 is 0 Å². The van der Waals surface area contributed by atoms with Gasteiger partial charge >= 0.3 is 18.1 Å². The molecule has 17 heavy (non-hydrogen) atoms. The van der Waals surface area contributed by atoms with Crippen LogP contribution in [0.2, 0.25) is 0 Å². The van der Waals surface area contributed by atoms with Gasteiger partial charge in [0.05, 0.1) is 6.61 Å². The van der Waals surface area contributed by atoms with Crippen LogP contribution in [0, 0.1) is 0 Å². The lowest BCUT2D eigenvalue weighted by molar-refractivity contribution is -0.370. The van der Waals surface area contributed by atoms with Gasteiger partial charge in [-0.15, -0.1) is 0 Å². The van der Waals surface area contributed by atoms with E-state index in [-0.39, 0.29) is 0 Å². The van der Waals surface area contributed by atoms with Gasteiger partial charge in [-0.1, -0.05) is 6.58 Å². The molecule has 0 aliphatic rings. The molecular weight excluding hydrogens is 261 g/mol. The SMILES string of the molecule is C=C(F)C(F)(F)OCC(F)(F)C(F)(F)OCC. The molecule has 0 rings (SSSR count). The van der Waals surface area contributed by atoms with Crippen LogP contribution in [0.4, 0.5) is 30.7 Å². The lowest BCUT2D eigenvalue weighted by Gasteiger charge is -2.26. The highest BCUT2D eigenvalue weighted by Crippen LogP contribution is 2.37. The summed E-state index contributed by atoms with van der Waals surface area (Å²) in [4.78, 5) is 0. The molecule has 102 valence electrons. The van der Waals surface area contributed by atoms with Gasteiger partial charge in [0.15, 0.2) is 5.83 Å². The molecule has 0 atom stereocenters. The van der Waals surface area contributed by atoms with E-state index in [1.54, 1.807) is 0 Å². The molecule has 0 bridgehead atoms. The summed E-state index contributed by atoms with van der Waals surface area (Å²) in [5.41, 5.74) is 0. The third-order valence-corrected chi connectivity index (χ3v) is 1.50. The van der Waals surface area contributed by atoms with Crippen LogP contribution in [-0.2, 0) is 9.47 Å². The van der Waals surface area contributed by atoms with Gasteiger partial charge in [-0.2, -0.15) is 26.3 Å². The van der Waals surface area contributed by atoms with Crippen molar-refractivity contribution in [3.8, 4) is 0 Å². The maximum absolute atomic E-state index is 12.7. The Balaban J connectivity index is 4.61. The van der Waals surface area contributed by atoms with Gasteiger partial charge in [0.2, 0.25) is 0 Å². The molecule has 0 fully saturated rings. The fraction of sp³-hybridized carbons (Fsp3) is 0.750. The van der Waals surface area contributed by atoms with Crippen molar-refractivity contribution in [3.05, 3.63) is 12.4 Å². The fourth-order valence-corrected chi connectivity index (χ4v) is 0.630. The van der Waals surface area contributed by atoms with Crippen LogP contribution >= 0.6 is 0 Å². The second-order valence-corrected chi connectivity index (χ2v) is 2.86. The first-order valence-electron chi connectivity index (χ1n) is 4.22. The van der Waals surface area contributed by atoms with Crippen LogP contribution in [-0.4, -0.2) is 31.4 Å². The molecule has 0 aromatic rings. The van der Waals surface area contributed by atoms with E-state index in [0.717, 1.165) is 6.92 Å². The first-order valence-corrected chi connectivity index (χ1v) is 4.22. The Hall–Kier alpha value is -0.830. The van der Waals surface area contributed by atoms with E-state index < -0.39 is 37.2 Å². The van der Waals surface area contributed by atoms with Crippen molar-refractivity contribution in [1.29, 1.82) is 0 Å². The topological polar surface area (TPSA) is 18.5 Å². The minimum absolute atomic E-state index is 0.769. The fourth-order valence-electron chi connectivity index (χ4n) is 0.630. The summed E-state index contributed by atoms with van der Waals surface area (Å²) in [5, 5.41) is 0. The first-order chi connectivity index (χ1) is 7.46. The van der Waals surface area contributed by atoms with Crippen LogP contribution in [0.3, 0.4) is 0 Å². The molecule has 0 radical (unpaired) electrons. The predicted molar refractivity (Wildman–Crippen MR) is 42.7 cm³/mol. The van der Waals surface area contributed by atoms with Crippen molar-refractivity contribution in [3.63, 3.8) is 0 Å². The molecule has 0 heterocycles. The Morgan fingerprint density at radius 1 is 1.06 bits per heavy atom. The summed E-state index contributed by atoms with van der Waals surface area (Å²) in [6.07, 6.45) is -9.75. The average molecular weight is 270 g/mol. The number of alkyl halides is 6. The monoisotopic (exact) mass is 270 g/mol. The zero-order chi connectivity index (χ0) is 13.9. The highest BCUT2D eigenvalue weighted by molar-refractivity contribution is 4.91. The summed E-state index contributed by atoms with van der Waals surface area (Å²) in [5.74, 6) is -7.39. The van der Waals surface area contributed by atoms with Crippen LogP contribution in [0.5, 0.6) is 0 Å². The molecule has 0 unspecified atom stereocenters. The molecule has 0 aromatic heterocycles. The van der Waals surface area contributed by atoms with Crippen molar-refractivity contribution in [2.24, 2.45) is 0 Å². The standard InChI is InChI=1S/C8H9F7O2/c1-3-16-8(14,15)6(10,11)4-17-7(12,13)5(2)9/h2-4H2,1H3. The molecule has 9 heteroatoms. The molecule has 0 aromatic carbocycles. The lowest BCUT2D eigenvalue weighted by Crippen LogP contribution is -2.47. The largest absolute Gasteiger partial charge is 0.421 e. The van der Waals surface area contributed by atoms with E-state index in [9.17, 15) is 30.7 Å². The summed E-state index contributed by atoms with van der Waals surface area (Å²) >= 11 is 0. The lowest BCUT2D eigenvalue weighted by atomic mass is 10.3. The molecule has 0 spiro atoms. The van der Waals surface area contributed by atoms with Gasteiger partial charge in [-0.25, -0.2) is 4.39 Å². The molecule has 0 amide bonds. The van der Waals surface area contributed by atoms with Gasteiger partial charge in [0.25, 0.3) is 0 Å². The predicted octanol–water partition coefficient (Wildman–Crippen LogP) is 3.34. The number of hydrogen-bond donors (Lipinski definition) is 0. The molecule has 2 nitrogen and oxygen atoms in total. The maximum Gasteiger partial charge on any atom is 0.421 e. The molecule has 0 N–H and O–H groups in total. The summed E-state index contributed by atoms with van der Waals surface area (Å²) < 4.78 is 93.6. The second kappa shape index (κ2) is 5.21. The number of hydrogen-bond acceptors (Lipinski definition) is 2. The van der Waals surface area contributed by atoms with Crippen molar-refractivity contribution in [1.82, 2.24) is 0 Å². The highest BCUT2D eigenvalue weighted by Gasteiger charge is 2.59. The summed E-state index contributed by atoms with van der Waals surface area (Å²) in [6.45, 7) is -0.0662. The second-order valence-electron chi connectivity index (χ2n) is 2.86. The van der Waals surface area contributed by atoms with E-state index in [4.69, 9.17) is 0 Å². The van der Waals surface area contributed by atoms with Gasteiger partial charge in [0.1, 0.15) is 6.61 Å². The minimum Gasteiger partial charge on any atom is -0.316 e. The quantitative estimate of drug-likeness (QED) is 0.660. The summed E-state index contributed by atoms with van der Waals surface area (Å²) in [6, 6.07) is 0. The Morgan fingerprint density at radius 3 is 1.88 bits per heavy atom. The molecule has 0 aliphatic heterocycles. The van der Waals surface area contributed by atoms with Gasteiger partial charge in [-0.3, -0.25) is 0 Å². The number of rotatable bonds is 7. The van der Waals surface area contributed by atoms with Crippen molar-refractivity contribution in [2.75, 3.05) is 13.2 Å². The average Bonchev–Trinajstić information content (AvgIpc) is 2.14. The minimum atomic E-state index is -5.03. The first kappa shape index (κ1) is 16.2. The Bertz CT molecular complexity index is 277. The van der Waals surface area contributed by atoms with Gasteiger partial charge < -0.3 is 9.47 Å². The molecule has 0 saturated heterocycles. The van der Waals surface area contributed by atoms with Crippen molar-refractivity contribution in [2.45, 2.75) is 25.1 Å². The third-order valence-electron chi connectivity index (χ3n) is 1.50. The zero-order valence-electron chi connectivity index (χ0n) is 8.58. The maximum atomic E-state index is 12.7. The van der Waals surface area contributed by atoms with Gasteiger partial charge in [0, 0.05) is 0 Å². The third kappa shape index (κ3) is 4.15. The number of ether oxygens (including phenoxy) is 2. The van der Waals surface area contributed by atoms with Gasteiger partial charge in [-0.05, 0) is 6.92 Å². The van der Waals surface area contributed by atoms with Crippen LogP contribution in [0.1, 0.15) is 6.92 Å². The normalized spacial score (nSPS) is 13.9. The van der Waals surface area contributed by atoms with Crippen LogP contribution < -0.4 is 0 Å². The Morgan fingerprint density at radius 2 is 1.53 bits per heavy atom. The molecule has 0 saturated carbocycles. The molecule has 0 aliphatic carbocycles. The van der Waals surface area contributed by atoms with Crippen LogP contribution in [0.25, 0.3) is 0 Å². The zero-order valence-corrected chi connectivity index (χ0v) is 8.58. The smallest absolute Gasteiger partial charge is 0.316 e. The highest BCUT2D eigenvalue weighted by atomic mass is 19.3. The van der Waals surface area contributed by atoms with E-state index in [2.05, 4.69) is 16.1 Å². The van der Waals surface area contributed by atoms with Crippen LogP contribution in [0.15, 0.2) is 12.4 Å². The van der Waals surface area contributed by atoms with Crippen molar-refractivity contribution < 1.29 is 40.2 Å².